The van der Waals surface area contributed by atoms with Crippen molar-refractivity contribution in [2.24, 2.45) is 0 Å². The third-order valence-electron chi connectivity index (χ3n) is 2.05. The lowest BCUT2D eigenvalue weighted by Crippen LogP contribution is -2.38. The number of rotatable bonds is 4. The van der Waals surface area contributed by atoms with Gasteiger partial charge in [-0.15, -0.1) is 0 Å². The van der Waals surface area contributed by atoms with Gasteiger partial charge in [-0.1, -0.05) is 15.9 Å². The molecule has 1 fully saturated rings. The number of halogens is 1. The summed E-state index contributed by atoms with van der Waals surface area (Å²) in [5, 5.41) is 0. The van der Waals surface area contributed by atoms with Crippen LogP contribution in [0.3, 0.4) is 0 Å². The van der Waals surface area contributed by atoms with Crippen molar-refractivity contribution < 1.29 is 13.2 Å². The number of nitrogens with zero attached hydrogens (tertiary/aromatic N) is 1. The highest BCUT2D eigenvalue weighted by atomic mass is 79.9. The van der Waals surface area contributed by atoms with Crippen LogP contribution in [0.15, 0.2) is 0 Å². The van der Waals surface area contributed by atoms with E-state index in [2.05, 4.69) is 20.7 Å². The van der Waals surface area contributed by atoms with Crippen LogP contribution in [0.1, 0.15) is 12.8 Å². The summed E-state index contributed by atoms with van der Waals surface area (Å²) in [6, 6.07) is 0. The molecule has 0 aliphatic carbocycles. The summed E-state index contributed by atoms with van der Waals surface area (Å²) in [7, 11) is -3.32. The van der Waals surface area contributed by atoms with Gasteiger partial charge in [0.05, 0.1) is 6.54 Å². The summed E-state index contributed by atoms with van der Waals surface area (Å²) in [4.78, 5) is 13.1. The Hall–Kier alpha value is -0.140. The summed E-state index contributed by atoms with van der Waals surface area (Å²) >= 11 is 2.83. The van der Waals surface area contributed by atoms with Crippen LogP contribution in [-0.4, -0.2) is 43.5 Å². The first-order chi connectivity index (χ1) is 6.55. The standard InChI is InChI=1S/C7H13BrN2O3S/c8-6-14(12,13)9-5-7(11)10-3-1-2-4-10/h9H,1-6H2. The molecule has 5 nitrogen and oxygen atoms in total. The van der Waals surface area contributed by atoms with Gasteiger partial charge in [-0.05, 0) is 12.8 Å². The van der Waals surface area contributed by atoms with Gasteiger partial charge >= 0.3 is 0 Å². The maximum absolute atomic E-state index is 11.4. The quantitative estimate of drug-likeness (QED) is 0.732. The monoisotopic (exact) mass is 284 g/mol. The SMILES string of the molecule is O=C(CNS(=O)(=O)CBr)N1CCCC1. The van der Waals surface area contributed by atoms with Crippen molar-refractivity contribution in [3.05, 3.63) is 0 Å². The molecule has 0 saturated carbocycles. The van der Waals surface area contributed by atoms with E-state index in [1.165, 1.54) is 0 Å². The first-order valence-corrected chi connectivity index (χ1v) is 7.13. The van der Waals surface area contributed by atoms with Gasteiger partial charge in [0.25, 0.3) is 0 Å². The Morgan fingerprint density at radius 3 is 2.43 bits per heavy atom. The minimum atomic E-state index is -3.32. The van der Waals surface area contributed by atoms with Gasteiger partial charge in [0.1, 0.15) is 4.66 Å². The largest absolute Gasteiger partial charge is 0.342 e. The number of hydrogen-bond acceptors (Lipinski definition) is 3. The van der Waals surface area contributed by atoms with Crippen LogP contribution in [0.25, 0.3) is 0 Å². The third-order valence-corrected chi connectivity index (χ3v) is 4.73. The number of likely N-dealkylation sites (tertiary alicyclic amines) is 1. The molecule has 1 heterocycles. The molecule has 1 aliphatic heterocycles. The van der Waals surface area contributed by atoms with E-state index in [0.717, 1.165) is 25.9 Å². The summed E-state index contributed by atoms with van der Waals surface area (Å²) in [5.41, 5.74) is 0. The third kappa shape index (κ3) is 3.55. The first-order valence-electron chi connectivity index (χ1n) is 4.36. The zero-order valence-electron chi connectivity index (χ0n) is 7.70. The van der Waals surface area contributed by atoms with Crippen molar-refractivity contribution in [2.45, 2.75) is 12.8 Å². The Morgan fingerprint density at radius 2 is 1.93 bits per heavy atom. The molecule has 0 radical (unpaired) electrons. The van der Waals surface area contributed by atoms with Crippen molar-refractivity contribution in [1.29, 1.82) is 0 Å². The predicted octanol–water partition coefficient (Wildman–Crippen LogP) is -0.119. The molecule has 82 valence electrons. The Morgan fingerprint density at radius 1 is 1.36 bits per heavy atom. The lowest BCUT2D eigenvalue weighted by Gasteiger charge is -2.14. The second kappa shape index (κ2) is 5.09. The summed E-state index contributed by atoms with van der Waals surface area (Å²) in [6.07, 6.45) is 2.02. The van der Waals surface area contributed by atoms with E-state index < -0.39 is 10.0 Å². The Kier molecular flexibility index (Phi) is 4.33. The number of hydrogen-bond donors (Lipinski definition) is 1. The molecule has 1 amide bonds. The number of amides is 1. The zero-order valence-corrected chi connectivity index (χ0v) is 10.1. The van der Waals surface area contributed by atoms with E-state index in [0.29, 0.717) is 0 Å². The molecule has 1 saturated heterocycles. The average Bonchev–Trinajstić information content (AvgIpc) is 2.67. The van der Waals surface area contributed by atoms with Crippen LogP contribution in [0.2, 0.25) is 0 Å². The van der Waals surface area contributed by atoms with E-state index in [4.69, 9.17) is 0 Å². The molecular formula is C7H13BrN2O3S. The van der Waals surface area contributed by atoms with E-state index in [9.17, 15) is 13.2 Å². The maximum atomic E-state index is 11.4. The fourth-order valence-electron chi connectivity index (χ4n) is 1.29. The van der Waals surface area contributed by atoms with Crippen molar-refractivity contribution in [1.82, 2.24) is 9.62 Å². The molecule has 0 aromatic rings. The van der Waals surface area contributed by atoms with Crippen molar-refractivity contribution in [3.8, 4) is 0 Å². The highest BCUT2D eigenvalue weighted by molar-refractivity contribution is 9.10. The molecular weight excluding hydrogens is 272 g/mol. The van der Waals surface area contributed by atoms with Crippen LogP contribution in [0, 0.1) is 0 Å². The number of carbonyl (C=O) groups is 1. The molecule has 0 spiro atoms. The van der Waals surface area contributed by atoms with Crippen molar-refractivity contribution in [3.63, 3.8) is 0 Å². The number of alkyl halides is 1. The topological polar surface area (TPSA) is 66.5 Å². The van der Waals surface area contributed by atoms with Gasteiger partial charge in [-0.3, -0.25) is 4.79 Å². The van der Waals surface area contributed by atoms with Gasteiger partial charge in [0, 0.05) is 13.1 Å². The number of nitrogens with one attached hydrogen (secondary N) is 1. The molecule has 7 heteroatoms. The van der Waals surface area contributed by atoms with Gasteiger partial charge in [0.2, 0.25) is 15.9 Å². The molecule has 0 unspecified atom stereocenters. The second-order valence-electron chi connectivity index (χ2n) is 3.13. The number of sulfonamides is 1. The van der Waals surface area contributed by atoms with E-state index in [-0.39, 0.29) is 17.1 Å². The average molecular weight is 285 g/mol. The molecule has 1 N–H and O–H groups in total. The van der Waals surface area contributed by atoms with Crippen LogP contribution in [-0.2, 0) is 14.8 Å². The van der Waals surface area contributed by atoms with Crippen LogP contribution < -0.4 is 4.72 Å². The van der Waals surface area contributed by atoms with Gasteiger partial charge in [-0.2, -0.15) is 0 Å². The molecule has 1 aliphatic rings. The Bertz CT molecular complexity index is 298. The first kappa shape index (κ1) is 11.9. The van der Waals surface area contributed by atoms with E-state index >= 15 is 0 Å². The molecule has 0 aromatic heterocycles. The Labute approximate surface area is 92.0 Å². The van der Waals surface area contributed by atoms with E-state index in [1.54, 1.807) is 4.90 Å². The lowest BCUT2D eigenvalue weighted by molar-refractivity contribution is -0.128. The molecule has 0 atom stereocenters. The van der Waals surface area contributed by atoms with Crippen molar-refractivity contribution in [2.75, 3.05) is 24.3 Å². The second-order valence-corrected chi connectivity index (χ2v) is 6.24. The zero-order chi connectivity index (χ0) is 10.6. The fraction of sp³-hybridized carbons (Fsp3) is 0.857. The highest BCUT2D eigenvalue weighted by Crippen LogP contribution is 2.06. The normalized spacial score (nSPS) is 17.4. The summed E-state index contributed by atoms with van der Waals surface area (Å²) < 4.78 is 24.0. The minimum absolute atomic E-state index is 0.131. The predicted molar refractivity (Wildman–Crippen MR) is 56.5 cm³/mol. The van der Waals surface area contributed by atoms with Gasteiger partial charge in [0.15, 0.2) is 0 Å². The van der Waals surface area contributed by atoms with Crippen LogP contribution in [0.5, 0.6) is 0 Å². The Balaban J connectivity index is 2.34. The highest BCUT2D eigenvalue weighted by Gasteiger charge is 2.19. The fourth-order valence-corrected chi connectivity index (χ4v) is 2.19. The maximum Gasteiger partial charge on any atom is 0.237 e. The van der Waals surface area contributed by atoms with Gasteiger partial charge in [-0.25, -0.2) is 13.1 Å². The lowest BCUT2D eigenvalue weighted by atomic mass is 10.4. The van der Waals surface area contributed by atoms with Crippen molar-refractivity contribution >= 4 is 31.9 Å². The molecule has 1 rings (SSSR count). The van der Waals surface area contributed by atoms with Crippen LogP contribution in [0.4, 0.5) is 0 Å². The summed E-state index contributed by atoms with van der Waals surface area (Å²) in [6.45, 7) is 1.36. The summed E-state index contributed by atoms with van der Waals surface area (Å²) in [5.74, 6) is -0.146. The molecule has 0 bridgehead atoms. The van der Waals surface area contributed by atoms with Crippen LogP contribution >= 0.6 is 15.9 Å². The molecule has 14 heavy (non-hydrogen) atoms. The minimum Gasteiger partial charge on any atom is -0.342 e. The number of carbonyl (C=O) groups excluding carboxylic acids is 1. The van der Waals surface area contributed by atoms with Gasteiger partial charge < -0.3 is 4.90 Å². The molecule has 0 aromatic carbocycles. The van der Waals surface area contributed by atoms with E-state index in [1.807, 2.05) is 0 Å². The smallest absolute Gasteiger partial charge is 0.237 e.